The molecule has 2 N–H and O–H groups in total. The third-order valence-corrected chi connectivity index (χ3v) is 4.91. The van der Waals surface area contributed by atoms with Crippen LogP contribution < -0.4 is 20.4 Å². The van der Waals surface area contributed by atoms with E-state index in [0.717, 1.165) is 49.2 Å². The Hall–Kier alpha value is -1.81. The van der Waals surface area contributed by atoms with Crippen molar-refractivity contribution in [2.24, 2.45) is 4.99 Å². The second kappa shape index (κ2) is 11.4. The van der Waals surface area contributed by atoms with Crippen molar-refractivity contribution in [1.82, 2.24) is 20.6 Å². The van der Waals surface area contributed by atoms with Gasteiger partial charge in [-0.3, -0.25) is 0 Å². The molecule has 1 aliphatic rings. The molecule has 2 aromatic heterocycles. The van der Waals surface area contributed by atoms with Crippen molar-refractivity contribution in [3.8, 4) is 0 Å². The molecule has 1 saturated heterocycles. The highest BCUT2D eigenvalue weighted by atomic mass is 127. The van der Waals surface area contributed by atoms with Gasteiger partial charge in [-0.25, -0.2) is 15.0 Å². The summed E-state index contributed by atoms with van der Waals surface area (Å²) in [5.74, 6) is 2.61. The smallest absolute Gasteiger partial charge is 0.191 e. The van der Waals surface area contributed by atoms with E-state index >= 15 is 0 Å². The summed E-state index contributed by atoms with van der Waals surface area (Å²) < 4.78 is 0. The minimum Gasteiger partial charge on any atom is -0.362 e. The van der Waals surface area contributed by atoms with Crippen LogP contribution in [0.5, 0.6) is 0 Å². The molecule has 2 aromatic rings. The quantitative estimate of drug-likeness (QED) is 0.340. The van der Waals surface area contributed by atoms with E-state index in [1.165, 1.54) is 0 Å². The molecular formula is C20H29ClIN7. The molecule has 158 valence electrons. The second-order valence-electron chi connectivity index (χ2n) is 6.96. The van der Waals surface area contributed by atoms with Gasteiger partial charge in [0, 0.05) is 57.7 Å². The first-order valence-electron chi connectivity index (χ1n) is 9.60. The number of anilines is 2. The summed E-state index contributed by atoms with van der Waals surface area (Å²) in [6.07, 6.45) is 4.60. The zero-order valence-corrected chi connectivity index (χ0v) is 20.2. The van der Waals surface area contributed by atoms with Gasteiger partial charge in [-0.15, -0.1) is 24.0 Å². The lowest BCUT2D eigenvalue weighted by atomic mass is 10.2. The third-order valence-electron chi connectivity index (χ3n) is 4.61. The van der Waals surface area contributed by atoms with Gasteiger partial charge in [0.2, 0.25) is 0 Å². The van der Waals surface area contributed by atoms with E-state index < -0.39 is 0 Å². The Bertz CT molecular complexity index is 815. The number of aliphatic imine (C=N–C) groups is 1. The normalized spacial score (nSPS) is 16.3. The van der Waals surface area contributed by atoms with Crippen LogP contribution in [-0.2, 0) is 6.54 Å². The number of hydrogen-bond acceptors (Lipinski definition) is 5. The van der Waals surface area contributed by atoms with Crippen molar-refractivity contribution in [2.75, 3.05) is 43.5 Å². The highest BCUT2D eigenvalue weighted by molar-refractivity contribution is 14.0. The number of aromatic nitrogens is 2. The molecule has 9 heteroatoms. The molecule has 0 radical (unpaired) electrons. The average Bonchev–Trinajstić information content (AvgIpc) is 3.15. The Morgan fingerprint density at radius 2 is 2.03 bits per heavy atom. The van der Waals surface area contributed by atoms with Gasteiger partial charge in [-0.2, -0.15) is 0 Å². The number of nitrogens with one attached hydrogen (secondary N) is 2. The van der Waals surface area contributed by atoms with Gasteiger partial charge in [0.1, 0.15) is 11.6 Å². The minimum absolute atomic E-state index is 0. The number of halogens is 2. The summed E-state index contributed by atoms with van der Waals surface area (Å²) in [7, 11) is 3.99. The van der Waals surface area contributed by atoms with Gasteiger partial charge < -0.3 is 20.4 Å². The molecule has 0 saturated carbocycles. The zero-order chi connectivity index (χ0) is 19.9. The fourth-order valence-corrected chi connectivity index (χ4v) is 3.56. The maximum absolute atomic E-state index is 6.29. The van der Waals surface area contributed by atoms with Gasteiger partial charge in [-0.1, -0.05) is 17.7 Å². The summed E-state index contributed by atoms with van der Waals surface area (Å²) in [5, 5.41) is 7.58. The zero-order valence-electron chi connectivity index (χ0n) is 17.1. The average molecular weight is 530 g/mol. The van der Waals surface area contributed by atoms with Gasteiger partial charge >= 0.3 is 0 Å². The van der Waals surface area contributed by atoms with Crippen molar-refractivity contribution in [3.05, 3.63) is 47.2 Å². The number of guanidine groups is 1. The number of hydrogen-bond donors (Lipinski definition) is 2. The van der Waals surface area contributed by atoms with Crippen LogP contribution in [0.2, 0.25) is 5.02 Å². The first-order valence-corrected chi connectivity index (χ1v) is 9.97. The van der Waals surface area contributed by atoms with Gasteiger partial charge in [0.25, 0.3) is 0 Å². The lowest BCUT2D eigenvalue weighted by molar-refractivity contribution is 0.648. The fourth-order valence-electron chi connectivity index (χ4n) is 3.31. The molecule has 1 aliphatic heterocycles. The van der Waals surface area contributed by atoms with Crippen LogP contribution in [-0.4, -0.2) is 55.7 Å². The molecule has 0 spiro atoms. The summed E-state index contributed by atoms with van der Waals surface area (Å²) >= 11 is 6.29. The molecular weight excluding hydrogens is 501 g/mol. The minimum atomic E-state index is 0. The predicted octanol–water partition coefficient (Wildman–Crippen LogP) is 3.15. The maximum Gasteiger partial charge on any atom is 0.191 e. The molecule has 1 atom stereocenters. The molecule has 29 heavy (non-hydrogen) atoms. The molecule has 1 fully saturated rings. The summed E-state index contributed by atoms with van der Waals surface area (Å²) in [4.78, 5) is 17.9. The number of rotatable bonds is 6. The topological polar surface area (TPSA) is 68.7 Å². The Kier molecular flexibility index (Phi) is 9.22. The van der Waals surface area contributed by atoms with Crippen LogP contribution in [0.3, 0.4) is 0 Å². The summed E-state index contributed by atoms with van der Waals surface area (Å²) in [5.41, 5.74) is 1.10. The molecule has 0 amide bonds. The SMILES string of the molecule is CCNC(=NCc1cccnc1N(C)C)NC1CCN(c2ncccc2Cl)C1.I. The molecule has 0 bridgehead atoms. The molecule has 1 unspecified atom stereocenters. The largest absolute Gasteiger partial charge is 0.362 e. The Labute approximate surface area is 195 Å². The summed E-state index contributed by atoms with van der Waals surface area (Å²) in [6, 6.07) is 8.04. The van der Waals surface area contributed by atoms with Crippen LogP contribution in [0, 0.1) is 0 Å². The lowest BCUT2D eigenvalue weighted by Crippen LogP contribution is -2.44. The third kappa shape index (κ3) is 6.33. The van der Waals surface area contributed by atoms with E-state index in [-0.39, 0.29) is 30.0 Å². The predicted molar refractivity (Wildman–Crippen MR) is 132 cm³/mol. The maximum atomic E-state index is 6.29. The molecule has 0 aromatic carbocycles. The van der Waals surface area contributed by atoms with Crippen molar-refractivity contribution in [2.45, 2.75) is 25.9 Å². The van der Waals surface area contributed by atoms with E-state index in [0.29, 0.717) is 11.6 Å². The van der Waals surface area contributed by atoms with Crippen molar-refractivity contribution >= 4 is 53.2 Å². The van der Waals surface area contributed by atoms with Crippen molar-refractivity contribution < 1.29 is 0 Å². The van der Waals surface area contributed by atoms with E-state index in [1.54, 1.807) is 6.20 Å². The van der Waals surface area contributed by atoms with E-state index in [9.17, 15) is 0 Å². The number of pyridine rings is 2. The van der Waals surface area contributed by atoms with Gasteiger partial charge in [-0.05, 0) is 31.5 Å². The van der Waals surface area contributed by atoms with Crippen molar-refractivity contribution in [1.29, 1.82) is 0 Å². The van der Waals surface area contributed by atoms with Gasteiger partial charge in [0.05, 0.1) is 11.6 Å². The van der Waals surface area contributed by atoms with Crippen LogP contribution >= 0.6 is 35.6 Å². The molecule has 3 heterocycles. The first-order chi connectivity index (χ1) is 13.6. The first kappa shape index (κ1) is 23.5. The second-order valence-corrected chi connectivity index (χ2v) is 7.37. The molecule has 3 rings (SSSR count). The number of nitrogens with zero attached hydrogens (tertiary/aromatic N) is 5. The Balaban J connectivity index is 0.00000300. The van der Waals surface area contributed by atoms with Crippen LogP contribution in [0.1, 0.15) is 18.9 Å². The standard InChI is InChI=1S/C20H28ClN7.HI/c1-4-22-20(25-13-15-7-5-10-23-18(15)27(2)3)26-16-9-12-28(14-16)19-17(21)8-6-11-24-19;/h5-8,10-11,16H,4,9,12-14H2,1-3H3,(H2,22,25,26);1H. The summed E-state index contributed by atoms with van der Waals surface area (Å²) in [6.45, 7) is 5.21. The van der Waals surface area contributed by atoms with Crippen molar-refractivity contribution in [3.63, 3.8) is 0 Å². The van der Waals surface area contributed by atoms with Crippen LogP contribution in [0.25, 0.3) is 0 Å². The van der Waals surface area contributed by atoms with E-state index in [4.69, 9.17) is 16.6 Å². The fraction of sp³-hybridized carbons (Fsp3) is 0.450. The molecule has 0 aliphatic carbocycles. The highest BCUT2D eigenvalue weighted by Crippen LogP contribution is 2.25. The van der Waals surface area contributed by atoms with E-state index in [1.807, 2.05) is 43.4 Å². The monoisotopic (exact) mass is 529 g/mol. The van der Waals surface area contributed by atoms with Gasteiger partial charge in [0.15, 0.2) is 5.96 Å². The van der Waals surface area contributed by atoms with Crippen LogP contribution in [0.15, 0.2) is 41.7 Å². The molecule has 7 nitrogen and oxygen atoms in total. The Morgan fingerprint density at radius 3 is 2.76 bits per heavy atom. The van der Waals surface area contributed by atoms with Crippen LogP contribution in [0.4, 0.5) is 11.6 Å². The van der Waals surface area contributed by atoms with E-state index in [2.05, 4.69) is 38.5 Å². The highest BCUT2D eigenvalue weighted by Gasteiger charge is 2.25. The lowest BCUT2D eigenvalue weighted by Gasteiger charge is -2.20. The Morgan fingerprint density at radius 1 is 1.28 bits per heavy atom.